The first kappa shape index (κ1) is 24.8. The Morgan fingerprint density at radius 3 is 2.23 bits per heavy atom. The monoisotopic (exact) mass is 521 g/mol. The lowest BCUT2D eigenvalue weighted by atomic mass is 10.2. The molecule has 1 aromatic heterocycles. The lowest BCUT2D eigenvalue weighted by Gasteiger charge is -2.38. The van der Waals surface area contributed by atoms with E-state index >= 15 is 0 Å². The minimum Gasteiger partial charge on any atom is -0.457 e. The Morgan fingerprint density at radius 2 is 1.69 bits per heavy atom. The third-order valence-corrected chi connectivity index (χ3v) is 8.66. The SMILES string of the molecule is CS(=O)(=O)N1CCN(S(=O)(=O)c2ccc(Oc3ccc(-c4ncc[nH]4)cc3)cc2)[C@@H](C(=O)NO)C1. The summed E-state index contributed by atoms with van der Waals surface area (Å²) in [5.41, 5.74) is 2.29. The van der Waals surface area contributed by atoms with Crippen molar-refractivity contribution in [1.29, 1.82) is 0 Å². The van der Waals surface area contributed by atoms with Gasteiger partial charge in [0.25, 0.3) is 5.91 Å². The number of benzene rings is 2. The zero-order valence-electron chi connectivity index (χ0n) is 18.5. The number of nitrogens with zero attached hydrogens (tertiary/aromatic N) is 3. The molecule has 0 aliphatic carbocycles. The molecule has 186 valence electrons. The van der Waals surface area contributed by atoms with Crippen molar-refractivity contribution in [3.8, 4) is 22.9 Å². The summed E-state index contributed by atoms with van der Waals surface area (Å²) >= 11 is 0. The molecule has 0 saturated carbocycles. The molecule has 0 radical (unpaired) electrons. The molecule has 0 bridgehead atoms. The standard InChI is InChI=1S/C21H23N5O7S2/c1-34(29,30)25-12-13-26(19(14-25)21(27)24-28)35(31,32)18-8-6-17(7-9-18)33-16-4-2-15(3-5-16)20-22-10-11-23-20/h2-11,19,28H,12-14H2,1H3,(H,22,23)(H,24,27)/t19-/m1/s1. The number of carbonyl (C=O) groups is 1. The second-order valence-electron chi connectivity index (χ2n) is 7.76. The van der Waals surface area contributed by atoms with E-state index in [0.717, 1.165) is 26.3 Å². The molecule has 35 heavy (non-hydrogen) atoms. The molecule has 3 N–H and O–H groups in total. The number of H-pyrrole nitrogens is 1. The molecule has 0 unspecified atom stereocenters. The van der Waals surface area contributed by atoms with Crippen molar-refractivity contribution in [2.24, 2.45) is 0 Å². The topological polar surface area (TPSA) is 162 Å². The van der Waals surface area contributed by atoms with E-state index in [2.05, 4.69) is 9.97 Å². The summed E-state index contributed by atoms with van der Waals surface area (Å²) in [6.07, 6.45) is 4.34. The molecule has 2 aromatic carbocycles. The van der Waals surface area contributed by atoms with Gasteiger partial charge in [0, 0.05) is 37.6 Å². The molecule has 1 fully saturated rings. The van der Waals surface area contributed by atoms with Gasteiger partial charge < -0.3 is 9.72 Å². The Bertz CT molecular complexity index is 1390. The van der Waals surface area contributed by atoms with Gasteiger partial charge in [-0.05, 0) is 48.5 Å². The fraction of sp³-hybridized carbons (Fsp3) is 0.238. The van der Waals surface area contributed by atoms with E-state index in [4.69, 9.17) is 9.94 Å². The second-order valence-corrected chi connectivity index (χ2v) is 11.6. The third kappa shape index (κ3) is 5.36. The Labute approximate surface area is 202 Å². The van der Waals surface area contributed by atoms with E-state index in [1.54, 1.807) is 24.5 Å². The van der Waals surface area contributed by atoms with E-state index in [-0.39, 0.29) is 18.0 Å². The highest BCUT2D eigenvalue weighted by Crippen LogP contribution is 2.28. The van der Waals surface area contributed by atoms with Gasteiger partial charge in [-0.15, -0.1) is 0 Å². The van der Waals surface area contributed by atoms with E-state index < -0.39 is 38.5 Å². The van der Waals surface area contributed by atoms with Crippen molar-refractivity contribution >= 4 is 26.0 Å². The van der Waals surface area contributed by atoms with Crippen LogP contribution < -0.4 is 10.2 Å². The van der Waals surface area contributed by atoms with Crippen molar-refractivity contribution in [3.63, 3.8) is 0 Å². The van der Waals surface area contributed by atoms with E-state index in [1.165, 1.54) is 29.7 Å². The number of hydrogen-bond acceptors (Lipinski definition) is 8. The zero-order chi connectivity index (χ0) is 25.2. The van der Waals surface area contributed by atoms with Crippen molar-refractivity contribution in [3.05, 3.63) is 60.9 Å². The highest BCUT2D eigenvalue weighted by molar-refractivity contribution is 7.89. The summed E-state index contributed by atoms with van der Waals surface area (Å²) in [6, 6.07) is 11.3. The minimum atomic E-state index is -4.18. The van der Waals surface area contributed by atoms with Gasteiger partial charge in [-0.1, -0.05) is 0 Å². The van der Waals surface area contributed by atoms with Gasteiger partial charge in [0.05, 0.1) is 11.2 Å². The number of imidazole rings is 1. The third-order valence-electron chi connectivity index (χ3n) is 5.47. The van der Waals surface area contributed by atoms with Crippen LogP contribution >= 0.6 is 0 Å². The number of aromatic nitrogens is 2. The normalized spacial score (nSPS) is 17.7. The number of aromatic amines is 1. The summed E-state index contributed by atoms with van der Waals surface area (Å²) in [5.74, 6) is 0.616. The Hall–Kier alpha value is -3.30. The van der Waals surface area contributed by atoms with Crippen LogP contribution in [0.3, 0.4) is 0 Å². The minimum absolute atomic E-state index is 0.110. The molecule has 4 rings (SSSR count). The van der Waals surface area contributed by atoms with Gasteiger partial charge in [0.1, 0.15) is 23.4 Å². The van der Waals surface area contributed by atoms with Crippen LogP contribution in [0.15, 0.2) is 65.8 Å². The maximum absolute atomic E-state index is 13.2. The molecule has 12 nitrogen and oxygen atoms in total. The van der Waals surface area contributed by atoms with Crippen molar-refractivity contribution in [2.75, 3.05) is 25.9 Å². The molecule has 1 aliphatic heterocycles. The molecular formula is C21H23N5O7S2. The van der Waals surface area contributed by atoms with Gasteiger partial charge in [0.15, 0.2) is 0 Å². The van der Waals surface area contributed by atoms with Crippen LogP contribution in [0.1, 0.15) is 0 Å². The van der Waals surface area contributed by atoms with Crippen molar-refractivity contribution in [2.45, 2.75) is 10.9 Å². The van der Waals surface area contributed by atoms with Crippen LogP contribution in [0, 0.1) is 0 Å². The number of piperazine rings is 1. The maximum Gasteiger partial charge on any atom is 0.263 e. The predicted octanol–water partition coefficient (Wildman–Crippen LogP) is 1.01. The number of carbonyl (C=O) groups excluding carboxylic acids is 1. The molecular weight excluding hydrogens is 498 g/mol. The first-order valence-electron chi connectivity index (χ1n) is 10.4. The van der Waals surface area contributed by atoms with Crippen LogP contribution in [0.4, 0.5) is 0 Å². The van der Waals surface area contributed by atoms with Gasteiger partial charge in [0.2, 0.25) is 20.0 Å². The molecule has 1 saturated heterocycles. The van der Waals surface area contributed by atoms with E-state index in [0.29, 0.717) is 11.5 Å². The molecule has 14 heteroatoms. The summed E-state index contributed by atoms with van der Waals surface area (Å²) in [6.45, 7) is -0.796. The van der Waals surface area contributed by atoms with Crippen LogP contribution in [0.5, 0.6) is 11.5 Å². The van der Waals surface area contributed by atoms with Crippen molar-refractivity contribution in [1.82, 2.24) is 24.1 Å². The Morgan fingerprint density at radius 1 is 1.06 bits per heavy atom. The molecule has 0 spiro atoms. The van der Waals surface area contributed by atoms with Gasteiger partial charge in [-0.3, -0.25) is 10.0 Å². The molecule has 1 atom stereocenters. The summed E-state index contributed by atoms with van der Waals surface area (Å²) in [5, 5.41) is 9.07. The summed E-state index contributed by atoms with van der Waals surface area (Å²) in [4.78, 5) is 19.2. The van der Waals surface area contributed by atoms with Crippen LogP contribution in [0.25, 0.3) is 11.4 Å². The maximum atomic E-state index is 13.2. The highest BCUT2D eigenvalue weighted by atomic mass is 32.2. The fourth-order valence-electron chi connectivity index (χ4n) is 3.67. The number of nitrogens with one attached hydrogen (secondary N) is 2. The lowest BCUT2D eigenvalue weighted by Crippen LogP contribution is -2.60. The molecule has 1 aliphatic rings. The molecule has 2 heterocycles. The Kier molecular flexibility index (Phi) is 6.91. The highest BCUT2D eigenvalue weighted by Gasteiger charge is 2.42. The van der Waals surface area contributed by atoms with Gasteiger partial charge in [-0.25, -0.2) is 27.3 Å². The average molecular weight is 522 g/mol. The van der Waals surface area contributed by atoms with Gasteiger partial charge in [-0.2, -0.15) is 8.61 Å². The smallest absolute Gasteiger partial charge is 0.263 e. The number of amides is 1. The Balaban J connectivity index is 1.51. The number of sulfonamides is 2. The average Bonchev–Trinajstić information content (AvgIpc) is 3.38. The summed E-state index contributed by atoms with van der Waals surface area (Å²) < 4.78 is 57.9. The van der Waals surface area contributed by atoms with E-state index in [1.807, 2.05) is 12.1 Å². The first-order valence-corrected chi connectivity index (χ1v) is 13.7. The number of hydroxylamine groups is 1. The quantitative estimate of drug-likeness (QED) is 0.306. The first-order chi connectivity index (χ1) is 16.6. The lowest BCUT2D eigenvalue weighted by molar-refractivity contribution is -0.134. The second kappa shape index (κ2) is 9.75. The van der Waals surface area contributed by atoms with Crippen LogP contribution in [-0.2, 0) is 24.8 Å². The predicted molar refractivity (Wildman–Crippen MR) is 125 cm³/mol. The fourth-order valence-corrected chi connectivity index (χ4v) is 6.07. The largest absolute Gasteiger partial charge is 0.457 e. The number of ether oxygens (including phenoxy) is 1. The van der Waals surface area contributed by atoms with E-state index in [9.17, 15) is 21.6 Å². The molecule has 1 amide bonds. The summed E-state index contributed by atoms with van der Waals surface area (Å²) in [7, 11) is -7.84. The van der Waals surface area contributed by atoms with Gasteiger partial charge >= 0.3 is 0 Å². The van der Waals surface area contributed by atoms with Crippen molar-refractivity contribution < 1.29 is 31.6 Å². The number of hydrogen-bond donors (Lipinski definition) is 3. The zero-order valence-corrected chi connectivity index (χ0v) is 20.2. The van der Waals surface area contributed by atoms with Crippen LogP contribution in [0.2, 0.25) is 0 Å². The number of rotatable bonds is 7. The molecule has 3 aromatic rings. The van der Waals surface area contributed by atoms with Crippen LogP contribution in [-0.4, -0.2) is 78.5 Å².